The van der Waals surface area contributed by atoms with Gasteiger partial charge in [0.25, 0.3) is 0 Å². The Hall–Kier alpha value is -1.92. The van der Waals surface area contributed by atoms with Crippen molar-refractivity contribution in [1.29, 1.82) is 0 Å². The molecule has 136 valence electrons. The van der Waals surface area contributed by atoms with Crippen LogP contribution in [-0.4, -0.2) is 30.6 Å². The molecule has 0 fully saturated rings. The molecule has 0 aliphatic rings. The Morgan fingerprint density at radius 2 is 2.08 bits per heavy atom. The number of hydrogen-bond donors (Lipinski definition) is 2. The lowest BCUT2D eigenvalue weighted by molar-refractivity contribution is 0.0657. The summed E-state index contributed by atoms with van der Waals surface area (Å²) in [4.78, 5) is 8.75. The van der Waals surface area contributed by atoms with Crippen LogP contribution in [0.3, 0.4) is 0 Å². The van der Waals surface area contributed by atoms with Gasteiger partial charge in [0, 0.05) is 31.9 Å². The number of aliphatic imine (C=N–C) groups is 1. The molecule has 0 radical (unpaired) electrons. The monoisotopic (exact) mass is 360 g/mol. The lowest BCUT2D eigenvalue weighted by Gasteiger charge is -2.13. The number of thiazole rings is 1. The van der Waals surface area contributed by atoms with Crippen LogP contribution >= 0.6 is 11.3 Å². The molecule has 2 rings (SSSR count). The van der Waals surface area contributed by atoms with Gasteiger partial charge in [0.2, 0.25) is 0 Å². The molecule has 5 nitrogen and oxygen atoms in total. The van der Waals surface area contributed by atoms with E-state index in [-0.39, 0.29) is 6.10 Å². The molecule has 1 aromatic heterocycles. The van der Waals surface area contributed by atoms with E-state index in [4.69, 9.17) is 4.74 Å². The summed E-state index contributed by atoms with van der Waals surface area (Å²) in [5.74, 6) is 0.802. The molecule has 0 saturated carbocycles. The van der Waals surface area contributed by atoms with Gasteiger partial charge in [-0.15, -0.1) is 11.3 Å². The zero-order valence-electron chi connectivity index (χ0n) is 15.5. The van der Waals surface area contributed by atoms with Gasteiger partial charge in [0.05, 0.1) is 23.4 Å². The van der Waals surface area contributed by atoms with Crippen LogP contribution in [0.25, 0.3) is 0 Å². The summed E-state index contributed by atoms with van der Waals surface area (Å²) in [5.41, 5.74) is 3.53. The van der Waals surface area contributed by atoms with Crippen LogP contribution in [-0.2, 0) is 24.3 Å². The number of hydrogen-bond acceptors (Lipinski definition) is 4. The Morgan fingerprint density at radius 1 is 1.28 bits per heavy atom. The standard InChI is InChI=1S/C19H28N4OS/c1-14(2)24-12-17-7-5-6-16(10-17)11-22-19(20-4)21-9-8-18-13-25-15(3)23-18/h5-7,10,13-14H,8-9,11-12H2,1-4H3,(H2,20,21,22). The molecule has 0 saturated heterocycles. The molecule has 0 unspecified atom stereocenters. The minimum Gasteiger partial charge on any atom is -0.374 e. The highest BCUT2D eigenvalue weighted by atomic mass is 32.1. The van der Waals surface area contributed by atoms with Gasteiger partial charge in [-0.05, 0) is 31.9 Å². The maximum Gasteiger partial charge on any atom is 0.191 e. The average Bonchev–Trinajstić information content (AvgIpc) is 3.01. The second kappa shape index (κ2) is 10.2. The molecule has 0 bridgehead atoms. The fraction of sp³-hybridized carbons (Fsp3) is 0.474. The summed E-state index contributed by atoms with van der Waals surface area (Å²) in [6, 6.07) is 8.43. The summed E-state index contributed by atoms with van der Waals surface area (Å²) < 4.78 is 5.66. The Bertz CT molecular complexity index is 682. The number of aryl methyl sites for hydroxylation is 1. The highest BCUT2D eigenvalue weighted by Gasteiger charge is 2.02. The highest BCUT2D eigenvalue weighted by molar-refractivity contribution is 7.09. The van der Waals surface area contributed by atoms with Crippen molar-refractivity contribution in [3.63, 3.8) is 0 Å². The second-order valence-corrected chi connectivity index (χ2v) is 7.20. The van der Waals surface area contributed by atoms with Gasteiger partial charge in [0.15, 0.2) is 5.96 Å². The fourth-order valence-corrected chi connectivity index (χ4v) is 2.98. The van der Waals surface area contributed by atoms with Gasteiger partial charge in [-0.1, -0.05) is 24.3 Å². The van der Waals surface area contributed by atoms with Crippen LogP contribution in [0.5, 0.6) is 0 Å². The van der Waals surface area contributed by atoms with E-state index in [2.05, 4.69) is 50.3 Å². The van der Waals surface area contributed by atoms with E-state index >= 15 is 0 Å². The fourth-order valence-electron chi connectivity index (χ4n) is 2.33. The predicted molar refractivity (Wildman–Crippen MR) is 105 cm³/mol. The molecular weight excluding hydrogens is 332 g/mol. The Balaban J connectivity index is 1.77. The zero-order chi connectivity index (χ0) is 18.1. The van der Waals surface area contributed by atoms with Crippen LogP contribution in [0.1, 0.15) is 35.7 Å². The minimum absolute atomic E-state index is 0.242. The number of benzene rings is 1. The molecule has 1 aromatic carbocycles. The van der Waals surface area contributed by atoms with E-state index in [1.165, 1.54) is 11.1 Å². The highest BCUT2D eigenvalue weighted by Crippen LogP contribution is 2.09. The first-order valence-corrected chi connectivity index (χ1v) is 9.49. The average molecular weight is 361 g/mol. The summed E-state index contributed by atoms with van der Waals surface area (Å²) >= 11 is 1.69. The molecule has 25 heavy (non-hydrogen) atoms. The summed E-state index contributed by atoms with van der Waals surface area (Å²) in [7, 11) is 1.79. The lowest BCUT2D eigenvalue weighted by Crippen LogP contribution is -2.37. The van der Waals surface area contributed by atoms with E-state index in [0.717, 1.165) is 36.2 Å². The third-order valence-corrected chi connectivity index (χ3v) is 4.42. The van der Waals surface area contributed by atoms with Gasteiger partial charge >= 0.3 is 0 Å². The largest absolute Gasteiger partial charge is 0.374 e. The number of guanidine groups is 1. The van der Waals surface area contributed by atoms with E-state index in [0.29, 0.717) is 6.61 Å². The maximum atomic E-state index is 5.66. The van der Waals surface area contributed by atoms with Gasteiger partial charge < -0.3 is 15.4 Å². The van der Waals surface area contributed by atoms with Crippen molar-refractivity contribution in [3.05, 3.63) is 51.5 Å². The molecule has 0 aliphatic heterocycles. The van der Waals surface area contributed by atoms with E-state index in [1.54, 1.807) is 18.4 Å². The van der Waals surface area contributed by atoms with Crippen molar-refractivity contribution in [2.75, 3.05) is 13.6 Å². The van der Waals surface area contributed by atoms with Crippen molar-refractivity contribution < 1.29 is 4.74 Å². The first-order valence-electron chi connectivity index (χ1n) is 8.61. The normalized spacial score (nSPS) is 11.8. The Labute approximate surface area is 154 Å². The summed E-state index contributed by atoms with van der Waals surface area (Å²) in [6.45, 7) is 8.31. The topological polar surface area (TPSA) is 58.5 Å². The lowest BCUT2D eigenvalue weighted by atomic mass is 10.1. The number of rotatable bonds is 8. The quantitative estimate of drug-likeness (QED) is 0.560. The Morgan fingerprint density at radius 3 is 2.76 bits per heavy atom. The number of nitrogens with one attached hydrogen (secondary N) is 2. The van der Waals surface area contributed by atoms with Gasteiger partial charge in [-0.3, -0.25) is 4.99 Å². The molecule has 2 N–H and O–H groups in total. The third-order valence-electron chi connectivity index (χ3n) is 3.60. The van der Waals surface area contributed by atoms with Crippen LogP contribution in [0.4, 0.5) is 0 Å². The molecule has 0 spiro atoms. The molecule has 0 atom stereocenters. The smallest absolute Gasteiger partial charge is 0.191 e. The van der Waals surface area contributed by atoms with Crippen LogP contribution < -0.4 is 10.6 Å². The molecule has 6 heteroatoms. The summed E-state index contributed by atoms with van der Waals surface area (Å²) in [6.07, 6.45) is 1.14. The third kappa shape index (κ3) is 7.23. The predicted octanol–water partition coefficient (Wildman–Crippen LogP) is 3.28. The molecule has 0 aliphatic carbocycles. The Kier molecular flexibility index (Phi) is 7.88. The SMILES string of the molecule is CN=C(NCCc1csc(C)n1)NCc1cccc(COC(C)C)c1. The van der Waals surface area contributed by atoms with E-state index < -0.39 is 0 Å². The molecule has 0 amide bonds. The van der Waals surface area contributed by atoms with Crippen molar-refractivity contribution in [3.8, 4) is 0 Å². The van der Waals surface area contributed by atoms with Crippen LogP contribution in [0, 0.1) is 6.92 Å². The van der Waals surface area contributed by atoms with Crippen molar-refractivity contribution in [1.82, 2.24) is 15.6 Å². The number of ether oxygens (including phenoxy) is 1. The summed E-state index contributed by atoms with van der Waals surface area (Å²) in [5, 5.41) is 9.90. The van der Waals surface area contributed by atoms with Crippen LogP contribution in [0.15, 0.2) is 34.6 Å². The maximum absolute atomic E-state index is 5.66. The van der Waals surface area contributed by atoms with Crippen molar-refractivity contribution >= 4 is 17.3 Å². The zero-order valence-corrected chi connectivity index (χ0v) is 16.3. The van der Waals surface area contributed by atoms with Gasteiger partial charge in [-0.2, -0.15) is 0 Å². The van der Waals surface area contributed by atoms with E-state index in [1.807, 2.05) is 20.8 Å². The van der Waals surface area contributed by atoms with Gasteiger partial charge in [-0.25, -0.2) is 4.98 Å². The molecular formula is C19H28N4OS. The minimum atomic E-state index is 0.242. The first kappa shape index (κ1) is 19.4. The number of aromatic nitrogens is 1. The van der Waals surface area contributed by atoms with E-state index in [9.17, 15) is 0 Å². The molecule has 2 aromatic rings. The first-order chi connectivity index (χ1) is 12.1. The number of nitrogens with zero attached hydrogens (tertiary/aromatic N) is 2. The van der Waals surface area contributed by atoms with Crippen molar-refractivity contribution in [2.45, 2.75) is 46.4 Å². The van der Waals surface area contributed by atoms with Crippen LogP contribution in [0.2, 0.25) is 0 Å². The molecule has 1 heterocycles. The second-order valence-electron chi connectivity index (χ2n) is 6.14. The van der Waals surface area contributed by atoms with Crippen molar-refractivity contribution in [2.24, 2.45) is 4.99 Å². The van der Waals surface area contributed by atoms with Gasteiger partial charge in [0.1, 0.15) is 0 Å².